The van der Waals surface area contributed by atoms with Crippen molar-refractivity contribution in [2.45, 2.75) is 32.6 Å². The minimum atomic E-state index is -3.70. The normalized spacial score (nSPS) is 15.7. The largest absolute Gasteiger partial charge is 0.369 e. The number of halogens is 1. The summed E-state index contributed by atoms with van der Waals surface area (Å²) in [5, 5.41) is 4.02. The number of rotatable bonds is 4. The highest BCUT2D eigenvalue weighted by atomic mass is 32.2. The summed E-state index contributed by atoms with van der Waals surface area (Å²) < 4.78 is 47.5. The molecule has 9 heteroatoms. The predicted octanol–water partition coefficient (Wildman–Crippen LogP) is 4.29. The van der Waals surface area contributed by atoms with E-state index >= 15 is 0 Å². The molecule has 2 aromatic heterocycles. The van der Waals surface area contributed by atoms with Gasteiger partial charge in [-0.2, -0.15) is 4.31 Å². The molecule has 30 heavy (non-hydrogen) atoms. The molecule has 0 unspecified atom stereocenters. The average molecular weight is 450 g/mol. The fourth-order valence-electron chi connectivity index (χ4n) is 3.85. The van der Waals surface area contributed by atoms with Crippen LogP contribution in [0, 0.1) is 33.5 Å². The maximum atomic E-state index is 13.6. The van der Waals surface area contributed by atoms with E-state index in [1.807, 2.05) is 27.7 Å². The fourth-order valence-corrected chi connectivity index (χ4v) is 7.08. The Bertz CT molecular complexity index is 1180. The first-order valence-corrected chi connectivity index (χ1v) is 12.0. The van der Waals surface area contributed by atoms with Crippen LogP contribution in [-0.4, -0.2) is 44.1 Å². The number of benzene rings is 1. The van der Waals surface area contributed by atoms with E-state index < -0.39 is 10.0 Å². The molecule has 4 rings (SSSR count). The summed E-state index contributed by atoms with van der Waals surface area (Å²) in [6, 6.07) is 6.28. The molecule has 0 atom stereocenters. The van der Waals surface area contributed by atoms with E-state index in [0.717, 1.165) is 26.7 Å². The van der Waals surface area contributed by atoms with Gasteiger partial charge in [0, 0.05) is 47.2 Å². The minimum absolute atomic E-state index is 0.284. The van der Waals surface area contributed by atoms with Crippen LogP contribution < -0.4 is 4.90 Å². The molecule has 0 spiro atoms. The highest BCUT2D eigenvalue weighted by Gasteiger charge is 2.35. The zero-order valence-corrected chi connectivity index (χ0v) is 19.0. The Labute approximate surface area is 180 Å². The van der Waals surface area contributed by atoms with E-state index in [2.05, 4.69) is 10.1 Å². The van der Waals surface area contributed by atoms with Crippen LogP contribution in [0.1, 0.15) is 21.0 Å². The van der Waals surface area contributed by atoms with Crippen LogP contribution in [0.2, 0.25) is 0 Å². The molecular formula is C21H24FN3O3S2. The summed E-state index contributed by atoms with van der Waals surface area (Å²) in [6.45, 7) is 9.30. The third-order valence-electron chi connectivity index (χ3n) is 5.62. The summed E-state index contributed by atoms with van der Waals surface area (Å²) in [7, 11) is -3.70. The third kappa shape index (κ3) is 3.55. The molecule has 160 valence electrons. The maximum absolute atomic E-state index is 13.6. The van der Waals surface area contributed by atoms with Gasteiger partial charge in [0.25, 0.3) is 0 Å². The Morgan fingerprint density at radius 3 is 2.20 bits per heavy atom. The Morgan fingerprint density at radius 1 is 1.00 bits per heavy atom. The van der Waals surface area contributed by atoms with Gasteiger partial charge in [-0.05, 0) is 52.0 Å². The summed E-state index contributed by atoms with van der Waals surface area (Å²) in [5.74, 6) is 0.242. The zero-order chi connectivity index (χ0) is 21.6. The number of aryl methyl sites for hydroxylation is 3. The van der Waals surface area contributed by atoms with Gasteiger partial charge in [-0.25, -0.2) is 12.8 Å². The molecule has 3 aromatic rings. The number of nitrogens with zero attached hydrogens (tertiary/aromatic N) is 3. The molecule has 0 N–H and O–H groups in total. The van der Waals surface area contributed by atoms with Crippen molar-refractivity contribution in [2.75, 3.05) is 31.1 Å². The van der Waals surface area contributed by atoms with E-state index in [1.54, 1.807) is 12.1 Å². The lowest BCUT2D eigenvalue weighted by atomic mass is 10.1. The Balaban J connectivity index is 1.64. The van der Waals surface area contributed by atoms with Gasteiger partial charge in [-0.15, -0.1) is 11.3 Å². The first-order valence-electron chi connectivity index (χ1n) is 9.74. The van der Waals surface area contributed by atoms with Gasteiger partial charge in [0.2, 0.25) is 10.0 Å². The van der Waals surface area contributed by atoms with Crippen molar-refractivity contribution < 1.29 is 17.3 Å². The zero-order valence-electron chi connectivity index (χ0n) is 17.4. The number of sulfonamides is 1. The summed E-state index contributed by atoms with van der Waals surface area (Å²) in [4.78, 5) is 4.04. The van der Waals surface area contributed by atoms with E-state index in [1.165, 1.54) is 27.8 Å². The number of hydrogen-bond acceptors (Lipinski definition) is 6. The number of aromatic nitrogens is 1. The van der Waals surface area contributed by atoms with Crippen LogP contribution >= 0.6 is 11.3 Å². The monoisotopic (exact) mass is 449 g/mol. The molecule has 0 bridgehead atoms. The number of anilines is 1. The van der Waals surface area contributed by atoms with E-state index in [4.69, 9.17) is 4.52 Å². The van der Waals surface area contributed by atoms with Crippen LogP contribution in [0.3, 0.4) is 0 Å². The van der Waals surface area contributed by atoms with E-state index in [9.17, 15) is 12.8 Å². The highest BCUT2D eigenvalue weighted by Crippen LogP contribution is 2.42. The fraction of sp³-hybridized carbons (Fsp3) is 0.381. The quantitative estimate of drug-likeness (QED) is 0.595. The number of hydrogen-bond donors (Lipinski definition) is 0. The molecule has 1 saturated heterocycles. The van der Waals surface area contributed by atoms with Crippen LogP contribution in [0.15, 0.2) is 33.7 Å². The maximum Gasteiger partial charge on any atom is 0.245 e. The Hall–Kier alpha value is -2.23. The van der Waals surface area contributed by atoms with Crippen molar-refractivity contribution in [3.63, 3.8) is 0 Å². The van der Waals surface area contributed by atoms with Crippen LogP contribution in [0.4, 0.5) is 10.1 Å². The second-order valence-electron chi connectivity index (χ2n) is 7.51. The standard InChI is InChI=1S/C21H24FN3O3S2/c1-13-14(2)23-28-20(13)19-15(3)29-16(4)21(19)30(26,27)25-11-9-24(10-12-25)18-7-5-17(22)6-8-18/h5-8H,9-12H2,1-4H3. The molecule has 1 aliphatic heterocycles. The first kappa shape index (κ1) is 21.0. The van der Waals surface area contributed by atoms with Crippen LogP contribution in [0.5, 0.6) is 0 Å². The molecule has 3 heterocycles. The predicted molar refractivity (Wildman–Crippen MR) is 116 cm³/mol. The van der Waals surface area contributed by atoms with Gasteiger partial charge in [-0.1, -0.05) is 5.16 Å². The smallest absolute Gasteiger partial charge is 0.245 e. The van der Waals surface area contributed by atoms with Crippen molar-refractivity contribution in [1.29, 1.82) is 0 Å². The second kappa shape index (κ2) is 7.79. The van der Waals surface area contributed by atoms with Crippen molar-refractivity contribution >= 4 is 27.0 Å². The van der Waals surface area contributed by atoms with Crippen molar-refractivity contribution in [2.24, 2.45) is 0 Å². The average Bonchev–Trinajstić information content (AvgIpc) is 3.20. The lowest BCUT2D eigenvalue weighted by Gasteiger charge is -2.35. The first-order chi connectivity index (χ1) is 14.2. The number of thiophene rings is 1. The minimum Gasteiger partial charge on any atom is -0.369 e. The molecule has 0 amide bonds. The summed E-state index contributed by atoms with van der Waals surface area (Å²) in [5.41, 5.74) is 3.12. The van der Waals surface area contributed by atoms with Gasteiger partial charge < -0.3 is 9.42 Å². The van der Waals surface area contributed by atoms with Crippen molar-refractivity contribution in [1.82, 2.24) is 9.46 Å². The lowest BCUT2D eigenvalue weighted by Crippen LogP contribution is -2.48. The molecule has 0 aliphatic carbocycles. The van der Waals surface area contributed by atoms with Crippen molar-refractivity contribution in [3.8, 4) is 11.3 Å². The molecular weight excluding hydrogens is 425 g/mol. The van der Waals surface area contributed by atoms with Crippen molar-refractivity contribution in [3.05, 3.63) is 51.1 Å². The summed E-state index contributed by atoms with van der Waals surface area (Å²) in [6.07, 6.45) is 0. The van der Waals surface area contributed by atoms with Gasteiger partial charge in [0.15, 0.2) is 5.76 Å². The topological polar surface area (TPSA) is 66.7 Å². The molecule has 1 fully saturated rings. The molecule has 1 aromatic carbocycles. The van der Waals surface area contributed by atoms with E-state index in [-0.39, 0.29) is 5.82 Å². The van der Waals surface area contributed by atoms with Gasteiger partial charge >= 0.3 is 0 Å². The molecule has 0 saturated carbocycles. The second-order valence-corrected chi connectivity index (χ2v) is 10.8. The third-order valence-corrected chi connectivity index (χ3v) is 8.84. The SMILES string of the molecule is Cc1noc(-c2c(C)sc(C)c2S(=O)(=O)N2CCN(c3ccc(F)cc3)CC2)c1C. The van der Waals surface area contributed by atoms with Crippen LogP contribution in [-0.2, 0) is 10.0 Å². The van der Waals surface area contributed by atoms with Crippen LogP contribution in [0.25, 0.3) is 11.3 Å². The lowest BCUT2D eigenvalue weighted by molar-refractivity contribution is 0.384. The van der Waals surface area contributed by atoms with E-state index in [0.29, 0.717) is 42.4 Å². The van der Waals surface area contributed by atoms with Gasteiger partial charge in [0.1, 0.15) is 10.7 Å². The molecule has 1 aliphatic rings. The molecule has 6 nitrogen and oxygen atoms in total. The van der Waals surface area contributed by atoms with Gasteiger partial charge in [0.05, 0.1) is 11.3 Å². The summed E-state index contributed by atoms with van der Waals surface area (Å²) >= 11 is 1.46. The van der Waals surface area contributed by atoms with Gasteiger partial charge in [-0.3, -0.25) is 0 Å². The Morgan fingerprint density at radius 2 is 1.63 bits per heavy atom. The highest BCUT2D eigenvalue weighted by molar-refractivity contribution is 7.89. The number of piperazine rings is 1. The molecule has 0 radical (unpaired) electrons. The Kier molecular flexibility index (Phi) is 5.46.